The second-order valence-electron chi connectivity index (χ2n) is 6.05. The molecule has 8 heteroatoms. The number of nitrogens with one attached hydrogen (secondary N) is 2. The van der Waals surface area contributed by atoms with Crippen LogP contribution in [0.4, 0.5) is 0 Å². The summed E-state index contributed by atoms with van der Waals surface area (Å²) in [6.45, 7) is 2.49. The van der Waals surface area contributed by atoms with Crippen molar-refractivity contribution in [2.75, 3.05) is 20.2 Å². The summed E-state index contributed by atoms with van der Waals surface area (Å²) in [6, 6.07) is 8.65. The molecule has 3 aromatic rings. The average molecular weight is 367 g/mol. The van der Waals surface area contributed by atoms with Crippen molar-refractivity contribution in [3.8, 4) is 5.75 Å². The molecule has 2 heterocycles. The molecule has 2 aromatic heterocycles. The summed E-state index contributed by atoms with van der Waals surface area (Å²) in [5.74, 6) is 0.144. The van der Waals surface area contributed by atoms with E-state index in [2.05, 4.69) is 20.7 Å². The van der Waals surface area contributed by atoms with Gasteiger partial charge >= 0.3 is 0 Å². The largest absolute Gasteiger partial charge is 0.497 e. The molecule has 1 aromatic carbocycles. The van der Waals surface area contributed by atoms with Crippen molar-refractivity contribution in [1.29, 1.82) is 0 Å². The second-order valence-corrected chi connectivity index (χ2v) is 6.05. The molecule has 140 valence electrons. The third-order valence-electron chi connectivity index (χ3n) is 4.15. The summed E-state index contributed by atoms with van der Waals surface area (Å²) in [5, 5.41) is 10.7. The number of benzene rings is 1. The van der Waals surface area contributed by atoms with Gasteiger partial charge in [-0.2, -0.15) is 5.10 Å². The number of fused-ring (bicyclic) bond motifs is 1. The van der Waals surface area contributed by atoms with Crippen LogP contribution in [0, 0.1) is 6.92 Å². The Hall–Kier alpha value is -3.42. The Morgan fingerprint density at radius 1 is 1.11 bits per heavy atom. The van der Waals surface area contributed by atoms with E-state index in [0.29, 0.717) is 30.0 Å². The summed E-state index contributed by atoms with van der Waals surface area (Å²) in [5.41, 5.74) is 2.51. The highest BCUT2D eigenvalue weighted by Crippen LogP contribution is 2.16. The SMILES string of the molecule is COc1cccc(C(=O)NCCNC(=O)c2cnc3c(c2)c(C)nn3C)c1. The number of methoxy groups -OCH3 is 1. The predicted molar refractivity (Wildman–Crippen MR) is 101 cm³/mol. The number of hydrogen-bond donors (Lipinski definition) is 2. The molecular formula is C19H21N5O3. The molecule has 0 aliphatic rings. The van der Waals surface area contributed by atoms with Crippen LogP contribution in [0.2, 0.25) is 0 Å². The molecule has 0 atom stereocenters. The van der Waals surface area contributed by atoms with Crippen molar-refractivity contribution >= 4 is 22.8 Å². The maximum absolute atomic E-state index is 12.3. The zero-order valence-corrected chi connectivity index (χ0v) is 15.4. The first-order chi connectivity index (χ1) is 13.0. The summed E-state index contributed by atoms with van der Waals surface area (Å²) in [4.78, 5) is 28.7. The molecule has 0 fully saturated rings. The maximum atomic E-state index is 12.3. The van der Waals surface area contributed by atoms with Crippen LogP contribution in [-0.4, -0.2) is 46.8 Å². The van der Waals surface area contributed by atoms with Gasteiger partial charge in [0, 0.05) is 37.3 Å². The first-order valence-electron chi connectivity index (χ1n) is 8.49. The number of nitrogens with zero attached hydrogens (tertiary/aromatic N) is 3. The van der Waals surface area contributed by atoms with Crippen LogP contribution in [0.1, 0.15) is 26.4 Å². The molecule has 0 aliphatic carbocycles. The Bertz CT molecular complexity index is 996. The van der Waals surface area contributed by atoms with E-state index in [1.165, 1.54) is 6.20 Å². The number of aromatic nitrogens is 3. The lowest BCUT2D eigenvalue weighted by Gasteiger charge is -2.08. The fourth-order valence-electron chi connectivity index (χ4n) is 2.75. The minimum Gasteiger partial charge on any atom is -0.497 e. The van der Waals surface area contributed by atoms with Gasteiger partial charge in [0.05, 0.1) is 18.4 Å². The van der Waals surface area contributed by atoms with Crippen LogP contribution in [0.3, 0.4) is 0 Å². The average Bonchev–Trinajstić information content (AvgIpc) is 2.98. The van der Waals surface area contributed by atoms with Gasteiger partial charge in [-0.3, -0.25) is 14.3 Å². The number of pyridine rings is 1. The Kier molecular flexibility index (Phi) is 5.35. The monoisotopic (exact) mass is 367 g/mol. The minimum absolute atomic E-state index is 0.225. The van der Waals surface area contributed by atoms with E-state index < -0.39 is 0 Å². The van der Waals surface area contributed by atoms with Crippen molar-refractivity contribution < 1.29 is 14.3 Å². The summed E-state index contributed by atoms with van der Waals surface area (Å²) < 4.78 is 6.78. The fraction of sp³-hybridized carbons (Fsp3) is 0.263. The number of rotatable bonds is 6. The van der Waals surface area contributed by atoms with Crippen molar-refractivity contribution in [2.24, 2.45) is 7.05 Å². The summed E-state index contributed by atoms with van der Waals surface area (Å²) in [6.07, 6.45) is 1.52. The van der Waals surface area contributed by atoms with Crippen LogP contribution >= 0.6 is 0 Å². The fourth-order valence-corrected chi connectivity index (χ4v) is 2.75. The molecule has 0 saturated carbocycles. The third-order valence-corrected chi connectivity index (χ3v) is 4.15. The topological polar surface area (TPSA) is 98.1 Å². The normalized spacial score (nSPS) is 10.6. The van der Waals surface area contributed by atoms with Crippen LogP contribution in [0.25, 0.3) is 11.0 Å². The van der Waals surface area contributed by atoms with Gasteiger partial charge in [-0.25, -0.2) is 4.98 Å². The number of hydrogen-bond acceptors (Lipinski definition) is 5. The smallest absolute Gasteiger partial charge is 0.252 e. The van der Waals surface area contributed by atoms with Crippen LogP contribution in [0.15, 0.2) is 36.5 Å². The van der Waals surface area contributed by atoms with Gasteiger partial charge in [0.15, 0.2) is 5.65 Å². The van der Waals surface area contributed by atoms with Gasteiger partial charge in [0.2, 0.25) is 0 Å². The van der Waals surface area contributed by atoms with E-state index in [1.54, 1.807) is 42.1 Å². The molecule has 8 nitrogen and oxygen atoms in total. The molecule has 27 heavy (non-hydrogen) atoms. The lowest BCUT2D eigenvalue weighted by molar-refractivity contribution is 0.0927. The van der Waals surface area contributed by atoms with E-state index in [9.17, 15) is 9.59 Å². The van der Waals surface area contributed by atoms with E-state index in [0.717, 1.165) is 16.7 Å². The van der Waals surface area contributed by atoms with E-state index in [4.69, 9.17) is 4.74 Å². The molecule has 0 bridgehead atoms. The Morgan fingerprint density at radius 2 is 1.81 bits per heavy atom. The van der Waals surface area contributed by atoms with E-state index >= 15 is 0 Å². The lowest BCUT2D eigenvalue weighted by atomic mass is 10.2. The number of ether oxygens (including phenoxy) is 1. The minimum atomic E-state index is -0.247. The first-order valence-corrected chi connectivity index (χ1v) is 8.49. The standard InChI is InChI=1S/C19H21N5O3/c1-12-16-10-14(11-22-17(16)24(2)23-12)19(26)21-8-7-20-18(25)13-5-4-6-15(9-13)27-3/h4-6,9-11H,7-8H2,1-3H3,(H,20,25)(H,21,26). The Labute approximate surface area is 156 Å². The van der Waals surface area contributed by atoms with Gasteiger partial charge < -0.3 is 15.4 Å². The van der Waals surface area contributed by atoms with Gasteiger partial charge in [-0.15, -0.1) is 0 Å². The lowest BCUT2D eigenvalue weighted by Crippen LogP contribution is -2.34. The molecule has 2 amide bonds. The predicted octanol–water partition coefficient (Wildman–Crippen LogP) is 1.45. The highest BCUT2D eigenvalue weighted by Gasteiger charge is 2.12. The zero-order valence-electron chi connectivity index (χ0n) is 15.4. The van der Waals surface area contributed by atoms with Gasteiger partial charge in [0.1, 0.15) is 5.75 Å². The molecule has 3 rings (SSSR count). The van der Waals surface area contributed by atoms with E-state index in [1.807, 2.05) is 14.0 Å². The molecular weight excluding hydrogens is 346 g/mol. The van der Waals surface area contributed by atoms with Gasteiger partial charge in [-0.05, 0) is 31.2 Å². The van der Waals surface area contributed by atoms with Crippen LogP contribution in [0.5, 0.6) is 5.75 Å². The third kappa shape index (κ3) is 4.05. The molecule has 0 spiro atoms. The molecule has 0 radical (unpaired) electrons. The Morgan fingerprint density at radius 3 is 2.52 bits per heavy atom. The molecule has 0 unspecified atom stereocenters. The zero-order chi connectivity index (χ0) is 19.4. The van der Waals surface area contributed by atoms with Crippen molar-refractivity contribution in [1.82, 2.24) is 25.4 Å². The highest BCUT2D eigenvalue weighted by atomic mass is 16.5. The number of carbonyl (C=O) groups is 2. The summed E-state index contributed by atoms with van der Waals surface area (Å²) in [7, 11) is 3.36. The highest BCUT2D eigenvalue weighted by molar-refractivity contribution is 5.97. The number of carbonyl (C=O) groups excluding carboxylic acids is 2. The molecule has 0 saturated heterocycles. The first kappa shape index (κ1) is 18.4. The van der Waals surface area contributed by atoms with Crippen LogP contribution in [-0.2, 0) is 7.05 Å². The van der Waals surface area contributed by atoms with E-state index in [-0.39, 0.29) is 11.8 Å². The van der Waals surface area contributed by atoms with Gasteiger partial charge in [-0.1, -0.05) is 6.07 Å². The number of amides is 2. The quantitative estimate of drug-likeness (QED) is 0.643. The Balaban J connectivity index is 1.53. The van der Waals surface area contributed by atoms with Crippen molar-refractivity contribution in [3.63, 3.8) is 0 Å². The second kappa shape index (κ2) is 7.86. The van der Waals surface area contributed by atoms with Crippen molar-refractivity contribution in [2.45, 2.75) is 6.92 Å². The van der Waals surface area contributed by atoms with Crippen LogP contribution < -0.4 is 15.4 Å². The maximum Gasteiger partial charge on any atom is 0.252 e. The summed E-state index contributed by atoms with van der Waals surface area (Å²) >= 11 is 0. The van der Waals surface area contributed by atoms with Gasteiger partial charge in [0.25, 0.3) is 11.8 Å². The van der Waals surface area contributed by atoms with Crippen molar-refractivity contribution in [3.05, 3.63) is 53.3 Å². The molecule has 0 aliphatic heterocycles. The number of aryl methyl sites for hydroxylation is 2. The molecule has 2 N–H and O–H groups in total.